The number of fused-ring (bicyclic) bond motifs is 1. The summed E-state index contributed by atoms with van der Waals surface area (Å²) < 4.78 is 7.82. The summed E-state index contributed by atoms with van der Waals surface area (Å²) in [4.78, 5) is 12.2. The first-order valence-corrected chi connectivity index (χ1v) is 12.3. The van der Waals surface area contributed by atoms with Gasteiger partial charge in [-0.3, -0.25) is 10.1 Å². The van der Waals surface area contributed by atoms with Gasteiger partial charge in [-0.15, -0.1) is 20.4 Å². The van der Waals surface area contributed by atoms with Crippen molar-refractivity contribution >= 4 is 34.1 Å². The zero-order valence-electron chi connectivity index (χ0n) is 17.8. The van der Waals surface area contributed by atoms with Crippen LogP contribution in [0.1, 0.15) is 48.1 Å². The Morgan fingerprint density at radius 2 is 2.03 bits per heavy atom. The highest BCUT2D eigenvalue weighted by molar-refractivity contribution is 7.99. The lowest BCUT2D eigenvalue weighted by Crippen LogP contribution is -2.14. The van der Waals surface area contributed by atoms with E-state index in [0.29, 0.717) is 22.7 Å². The Morgan fingerprint density at radius 3 is 2.87 bits per heavy atom. The monoisotopic (exact) mass is 458 g/mol. The molecule has 1 aliphatic carbocycles. The van der Waals surface area contributed by atoms with Crippen LogP contribution in [0.4, 0.5) is 5.13 Å². The van der Waals surface area contributed by atoms with Crippen LogP contribution in [0, 0.1) is 0 Å². The van der Waals surface area contributed by atoms with Crippen LogP contribution in [-0.2, 0) is 37.7 Å². The van der Waals surface area contributed by atoms with E-state index in [9.17, 15) is 4.79 Å². The predicted octanol–water partition coefficient (Wildman–Crippen LogP) is 3.81. The lowest BCUT2D eigenvalue weighted by Gasteiger charge is -2.16. The largest absolute Gasteiger partial charge is 0.486 e. The van der Waals surface area contributed by atoms with Gasteiger partial charge in [-0.25, -0.2) is 0 Å². The molecule has 4 rings (SSSR count). The smallest absolute Gasteiger partial charge is 0.236 e. The maximum Gasteiger partial charge on any atom is 0.236 e. The first-order valence-electron chi connectivity index (χ1n) is 10.5. The van der Waals surface area contributed by atoms with E-state index in [4.69, 9.17) is 4.74 Å². The first-order chi connectivity index (χ1) is 15.1. The number of anilines is 1. The molecule has 1 aliphatic rings. The van der Waals surface area contributed by atoms with Crippen molar-refractivity contribution < 1.29 is 9.53 Å². The minimum absolute atomic E-state index is 0.140. The lowest BCUT2D eigenvalue weighted by molar-refractivity contribution is -0.113. The molecule has 8 nitrogen and oxygen atoms in total. The summed E-state index contributed by atoms with van der Waals surface area (Å²) in [5, 5.41) is 21.4. The molecular formula is C21H26N6O2S2. The van der Waals surface area contributed by atoms with E-state index in [-0.39, 0.29) is 11.7 Å². The molecule has 1 amide bonds. The van der Waals surface area contributed by atoms with Gasteiger partial charge in [-0.2, -0.15) is 0 Å². The highest BCUT2D eigenvalue weighted by atomic mass is 32.2. The zero-order valence-corrected chi connectivity index (χ0v) is 19.4. The Labute approximate surface area is 189 Å². The van der Waals surface area contributed by atoms with Gasteiger partial charge in [0, 0.05) is 13.5 Å². The normalized spacial score (nSPS) is 13.1. The van der Waals surface area contributed by atoms with Gasteiger partial charge in [-0.05, 0) is 55.4 Å². The Morgan fingerprint density at radius 1 is 1.19 bits per heavy atom. The number of ether oxygens (including phenoxy) is 1. The fourth-order valence-corrected chi connectivity index (χ4v) is 5.04. The Bertz CT molecular complexity index is 1050. The van der Waals surface area contributed by atoms with Crippen LogP contribution in [0.2, 0.25) is 0 Å². The van der Waals surface area contributed by atoms with Crippen molar-refractivity contribution in [2.75, 3.05) is 11.1 Å². The minimum atomic E-state index is -0.140. The molecular weight excluding hydrogens is 432 g/mol. The number of nitrogens with zero attached hydrogens (tertiary/aromatic N) is 5. The van der Waals surface area contributed by atoms with Gasteiger partial charge in [0.05, 0.1) is 5.75 Å². The number of hydrogen-bond acceptors (Lipinski definition) is 8. The quantitative estimate of drug-likeness (QED) is 0.487. The molecule has 0 radical (unpaired) electrons. The van der Waals surface area contributed by atoms with Gasteiger partial charge >= 0.3 is 0 Å². The van der Waals surface area contributed by atoms with Crippen molar-refractivity contribution in [3.8, 4) is 5.75 Å². The van der Waals surface area contributed by atoms with Gasteiger partial charge in [-0.1, -0.05) is 36.1 Å². The third-order valence-electron chi connectivity index (χ3n) is 5.12. The molecule has 0 saturated carbocycles. The molecule has 0 bridgehead atoms. The van der Waals surface area contributed by atoms with Gasteiger partial charge < -0.3 is 9.30 Å². The second kappa shape index (κ2) is 10.2. The number of thioether (sulfide) groups is 1. The van der Waals surface area contributed by atoms with Crippen molar-refractivity contribution in [1.29, 1.82) is 0 Å². The number of hydrogen-bond donors (Lipinski definition) is 1. The summed E-state index contributed by atoms with van der Waals surface area (Å²) in [6.45, 7) is 2.42. The number of aromatic nitrogens is 5. The van der Waals surface area contributed by atoms with Crippen LogP contribution in [-0.4, -0.2) is 36.6 Å². The zero-order chi connectivity index (χ0) is 21.6. The number of rotatable bonds is 9. The summed E-state index contributed by atoms with van der Waals surface area (Å²) in [6.07, 6.45) is 6.67. The molecule has 3 aromatic rings. The van der Waals surface area contributed by atoms with Crippen molar-refractivity contribution in [3.05, 3.63) is 40.2 Å². The van der Waals surface area contributed by atoms with Gasteiger partial charge in [0.2, 0.25) is 11.0 Å². The number of aryl methyl sites for hydroxylation is 3. The third-order valence-corrected chi connectivity index (χ3v) is 7.04. The second-order valence-electron chi connectivity index (χ2n) is 7.47. The molecule has 0 saturated heterocycles. The number of nitrogens with one attached hydrogen (secondary N) is 1. The number of benzene rings is 1. The maximum atomic E-state index is 12.2. The number of amides is 1. The van der Waals surface area contributed by atoms with Crippen LogP contribution in [0.5, 0.6) is 5.75 Å². The van der Waals surface area contributed by atoms with Crippen LogP contribution >= 0.6 is 23.1 Å². The molecule has 10 heteroatoms. The summed E-state index contributed by atoms with van der Waals surface area (Å²) in [6, 6.07) is 6.34. The van der Waals surface area contributed by atoms with Crippen LogP contribution in [0.25, 0.3) is 0 Å². The predicted molar refractivity (Wildman–Crippen MR) is 122 cm³/mol. The summed E-state index contributed by atoms with van der Waals surface area (Å²) >= 11 is 2.75. The van der Waals surface area contributed by atoms with E-state index in [1.54, 1.807) is 0 Å². The molecule has 164 valence electrons. The average molecular weight is 459 g/mol. The van der Waals surface area contributed by atoms with Crippen LogP contribution < -0.4 is 10.1 Å². The summed E-state index contributed by atoms with van der Waals surface area (Å²) in [5.74, 6) is 1.66. The maximum absolute atomic E-state index is 12.2. The van der Waals surface area contributed by atoms with Gasteiger partial charge in [0.25, 0.3) is 0 Å². The van der Waals surface area contributed by atoms with E-state index in [0.717, 1.165) is 36.4 Å². The molecule has 31 heavy (non-hydrogen) atoms. The lowest BCUT2D eigenvalue weighted by atomic mass is 9.92. The molecule has 1 N–H and O–H groups in total. The summed E-state index contributed by atoms with van der Waals surface area (Å²) in [7, 11) is 1.88. The van der Waals surface area contributed by atoms with Crippen LogP contribution in [0.15, 0.2) is 23.4 Å². The molecule has 0 aliphatic heterocycles. The molecule has 2 heterocycles. The Balaban J connectivity index is 1.28. The van der Waals surface area contributed by atoms with Crippen molar-refractivity contribution in [2.24, 2.45) is 7.05 Å². The van der Waals surface area contributed by atoms with Gasteiger partial charge in [0.15, 0.2) is 11.0 Å². The van der Waals surface area contributed by atoms with E-state index >= 15 is 0 Å². The molecule has 1 aromatic carbocycles. The standard InChI is InChI=1S/C21H26N6O2S2/c1-3-6-19-24-25-20(31-19)22-18(28)13-30-21-26-23-17(27(21)2)12-29-16-10-9-14-7-4-5-8-15(14)11-16/h9-11H,3-8,12-13H2,1-2H3,(H,22,25,28). The molecule has 0 unspecified atom stereocenters. The van der Waals surface area contributed by atoms with E-state index in [1.807, 2.05) is 17.7 Å². The second-order valence-corrected chi connectivity index (χ2v) is 9.48. The fraction of sp³-hybridized carbons (Fsp3) is 0.476. The minimum Gasteiger partial charge on any atom is -0.486 e. The van der Waals surface area contributed by atoms with Crippen molar-refractivity contribution in [1.82, 2.24) is 25.0 Å². The number of carbonyl (C=O) groups is 1. The van der Waals surface area contributed by atoms with Crippen molar-refractivity contribution in [2.45, 2.75) is 57.2 Å². The van der Waals surface area contributed by atoms with E-state index < -0.39 is 0 Å². The van der Waals surface area contributed by atoms with Crippen molar-refractivity contribution in [3.63, 3.8) is 0 Å². The van der Waals surface area contributed by atoms with Gasteiger partial charge in [0.1, 0.15) is 17.4 Å². The summed E-state index contributed by atoms with van der Waals surface area (Å²) in [5.41, 5.74) is 2.82. The van der Waals surface area contributed by atoms with Crippen LogP contribution in [0.3, 0.4) is 0 Å². The molecule has 0 spiro atoms. The fourth-order valence-electron chi connectivity index (χ4n) is 3.45. The average Bonchev–Trinajstić information content (AvgIpc) is 3.37. The van der Waals surface area contributed by atoms with E-state index in [2.05, 4.69) is 44.8 Å². The highest BCUT2D eigenvalue weighted by Gasteiger charge is 2.14. The Kier molecular flexibility index (Phi) is 7.18. The molecule has 0 atom stereocenters. The topological polar surface area (TPSA) is 94.8 Å². The SMILES string of the molecule is CCCc1nnc(NC(=O)CSc2nnc(COc3ccc4c(c3)CCCC4)n2C)s1. The third kappa shape index (κ3) is 5.62. The molecule has 0 fully saturated rings. The highest BCUT2D eigenvalue weighted by Crippen LogP contribution is 2.26. The first kappa shape index (κ1) is 21.8. The Hall–Kier alpha value is -2.46. The number of carbonyl (C=O) groups excluding carboxylic acids is 1. The van der Waals surface area contributed by atoms with E-state index in [1.165, 1.54) is 47.1 Å². The molecule has 2 aromatic heterocycles.